The summed E-state index contributed by atoms with van der Waals surface area (Å²) in [5.74, 6) is 0.818. The summed E-state index contributed by atoms with van der Waals surface area (Å²) in [6.07, 6.45) is 0. The van der Waals surface area contributed by atoms with Crippen LogP contribution in [0.3, 0.4) is 0 Å². The molecular formula is C16H22N2O5. The highest BCUT2D eigenvalue weighted by molar-refractivity contribution is 5.91. The Morgan fingerprint density at radius 3 is 2.87 bits per heavy atom. The number of carbonyl (C=O) groups excluding carboxylic acids is 2. The third-order valence-corrected chi connectivity index (χ3v) is 4.30. The van der Waals surface area contributed by atoms with E-state index in [1.807, 2.05) is 6.92 Å². The van der Waals surface area contributed by atoms with E-state index < -0.39 is 5.60 Å². The molecule has 0 aliphatic carbocycles. The van der Waals surface area contributed by atoms with Gasteiger partial charge in [0.25, 0.3) is 5.91 Å². The zero-order valence-electron chi connectivity index (χ0n) is 13.5. The van der Waals surface area contributed by atoms with E-state index in [1.54, 1.807) is 28.9 Å². The summed E-state index contributed by atoms with van der Waals surface area (Å²) in [6.45, 7) is 6.49. The highest BCUT2D eigenvalue weighted by Crippen LogP contribution is 2.24. The first-order chi connectivity index (χ1) is 11.0. The molecule has 126 valence electrons. The van der Waals surface area contributed by atoms with Gasteiger partial charge >= 0.3 is 0 Å². The van der Waals surface area contributed by atoms with Crippen molar-refractivity contribution in [2.24, 2.45) is 0 Å². The zero-order chi connectivity index (χ0) is 16.4. The highest BCUT2D eigenvalue weighted by atomic mass is 16.6. The third kappa shape index (κ3) is 3.25. The molecule has 1 unspecified atom stereocenters. The number of rotatable bonds is 2. The maximum Gasteiger partial charge on any atom is 0.289 e. The third-order valence-electron chi connectivity index (χ3n) is 4.30. The number of amides is 2. The number of hydrogen-bond acceptors (Lipinski definition) is 5. The number of nitrogens with zero attached hydrogens (tertiary/aromatic N) is 2. The van der Waals surface area contributed by atoms with Crippen molar-refractivity contribution in [1.29, 1.82) is 0 Å². The Labute approximate surface area is 135 Å². The van der Waals surface area contributed by atoms with Crippen molar-refractivity contribution < 1.29 is 23.5 Å². The molecule has 0 radical (unpaired) electrons. The topological polar surface area (TPSA) is 72.2 Å². The molecule has 0 N–H and O–H groups in total. The molecule has 3 rings (SSSR count). The average Bonchev–Trinajstić information content (AvgIpc) is 2.87. The summed E-state index contributed by atoms with van der Waals surface area (Å²) in [6, 6.07) is 3.45. The summed E-state index contributed by atoms with van der Waals surface area (Å²) in [4.78, 5) is 27.9. The van der Waals surface area contributed by atoms with E-state index in [0.717, 1.165) is 0 Å². The smallest absolute Gasteiger partial charge is 0.289 e. The summed E-state index contributed by atoms with van der Waals surface area (Å²) in [7, 11) is 0. The van der Waals surface area contributed by atoms with Crippen LogP contribution in [0.2, 0.25) is 0 Å². The fourth-order valence-electron chi connectivity index (χ4n) is 3.04. The van der Waals surface area contributed by atoms with E-state index in [9.17, 15) is 9.59 Å². The van der Waals surface area contributed by atoms with Gasteiger partial charge in [-0.05, 0) is 26.0 Å². The summed E-state index contributed by atoms with van der Waals surface area (Å²) >= 11 is 0. The van der Waals surface area contributed by atoms with Crippen molar-refractivity contribution in [2.45, 2.75) is 19.4 Å². The van der Waals surface area contributed by atoms with Crippen molar-refractivity contribution in [2.75, 3.05) is 46.0 Å². The van der Waals surface area contributed by atoms with Gasteiger partial charge in [0.05, 0.1) is 26.3 Å². The van der Waals surface area contributed by atoms with Crippen molar-refractivity contribution >= 4 is 11.8 Å². The van der Waals surface area contributed by atoms with E-state index in [4.69, 9.17) is 13.9 Å². The molecule has 0 saturated carbocycles. The van der Waals surface area contributed by atoms with Crippen LogP contribution in [0.5, 0.6) is 0 Å². The van der Waals surface area contributed by atoms with Crippen LogP contribution in [0, 0.1) is 6.92 Å². The van der Waals surface area contributed by atoms with E-state index in [1.165, 1.54) is 0 Å². The van der Waals surface area contributed by atoms with Gasteiger partial charge in [-0.2, -0.15) is 0 Å². The zero-order valence-corrected chi connectivity index (χ0v) is 13.5. The molecule has 2 aliphatic rings. The lowest BCUT2D eigenvalue weighted by Crippen LogP contribution is -2.60. The predicted molar refractivity (Wildman–Crippen MR) is 81.1 cm³/mol. The van der Waals surface area contributed by atoms with Gasteiger partial charge in [-0.25, -0.2) is 0 Å². The van der Waals surface area contributed by atoms with E-state index in [0.29, 0.717) is 50.9 Å². The quantitative estimate of drug-likeness (QED) is 0.800. The van der Waals surface area contributed by atoms with Crippen LogP contribution < -0.4 is 0 Å². The molecule has 2 fully saturated rings. The molecule has 7 heteroatoms. The number of hydrogen-bond donors (Lipinski definition) is 0. The van der Waals surface area contributed by atoms with Crippen molar-refractivity contribution in [3.63, 3.8) is 0 Å². The molecular weight excluding hydrogens is 300 g/mol. The van der Waals surface area contributed by atoms with E-state index in [-0.39, 0.29) is 18.4 Å². The minimum absolute atomic E-state index is 0.0260. The molecule has 2 aliphatic heterocycles. The van der Waals surface area contributed by atoms with Crippen LogP contribution in [0.15, 0.2) is 16.5 Å². The second-order valence-corrected chi connectivity index (χ2v) is 6.07. The van der Waals surface area contributed by atoms with Crippen LogP contribution in [-0.4, -0.2) is 73.2 Å². The Morgan fingerprint density at radius 2 is 2.17 bits per heavy atom. The fourth-order valence-corrected chi connectivity index (χ4v) is 3.04. The molecule has 0 bridgehead atoms. The lowest BCUT2D eigenvalue weighted by atomic mass is 10.0. The van der Waals surface area contributed by atoms with Gasteiger partial charge in [0.1, 0.15) is 18.0 Å². The largest absolute Gasteiger partial charge is 0.456 e. The molecule has 23 heavy (non-hydrogen) atoms. The molecule has 3 heterocycles. The normalized spacial score (nSPS) is 25.7. The maximum atomic E-state index is 12.6. The van der Waals surface area contributed by atoms with Crippen molar-refractivity contribution in [1.82, 2.24) is 9.80 Å². The summed E-state index contributed by atoms with van der Waals surface area (Å²) in [5.41, 5.74) is -0.669. The Bertz CT molecular complexity index is 599. The van der Waals surface area contributed by atoms with Gasteiger partial charge < -0.3 is 23.7 Å². The number of furan rings is 1. The number of carbonyl (C=O) groups is 2. The molecule has 0 aromatic carbocycles. The minimum Gasteiger partial charge on any atom is -0.456 e. The molecule has 1 spiro atoms. The average molecular weight is 322 g/mol. The van der Waals surface area contributed by atoms with Gasteiger partial charge in [0.2, 0.25) is 5.91 Å². The number of morpholine rings is 1. The second-order valence-electron chi connectivity index (χ2n) is 6.07. The fraction of sp³-hybridized carbons (Fsp3) is 0.625. The van der Waals surface area contributed by atoms with Crippen LogP contribution in [-0.2, 0) is 14.3 Å². The Kier molecular flexibility index (Phi) is 4.41. The molecule has 1 aromatic heterocycles. The van der Waals surface area contributed by atoms with Gasteiger partial charge in [-0.3, -0.25) is 9.59 Å². The number of aryl methyl sites for hydroxylation is 1. The molecule has 2 saturated heterocycles. The van der Waals surface area contributed by atoms with Gasteiger partial charge in [0.15, 0.2) is 5.76 Å². The first-order valence-electron chi connectivity index (χ1n) is 7.88. The van der Waals surface area contributed by atoms with Gasteiger partial charge in [0, 0.05) is 13.1 Å². The Balaban J connectivity index is 1.78. The summed E-state index contributed by atoms with van der Waals surface area (Å²) in [5, 5.41) is 0. The SMILES string of the molecule is CCN1CC2(COCCN(C(=O)c3ccc(C)o3)C2)OCC1=O. The molecule has 1 atom stereocenters. The Morgan fingerprint density at radius 1 is 1.35 bits per heavy atom. The van der Waals surface area contributed by atoms with Gasteiger partial charge in [-0.1, -0.05) is 0 Å². The Hall–Kier alpha value is -1.86. The first kappa shape index (κ1) is 16.0. The minimum atomic E-state index is -0.669. The van der Waals surface area contributed by atoms with Crippen LogP contribution in [0.1, 0.15) is 23.2 Å². The number of ether oxygens (including phenoxy) is 2. The first-order valence-corrected chi connectivity index (χ1v) is 7.88. The van der Waals surface area contributed by atoms with Crippen LogP contribution >= 0.6 is 0 Å². The second kappa shape index (κ2) is 6.33. The van der Waals surface area contributed by atoms with E-state index >= 15 is 0 Å². The van der Waals surface area contributed by atoms with Crippen molar-refractivity contribution in [3.05, 3.63) is 23.7 Å². The molecule has 2 amide bonds. The van der Waals surface area contributed by atoms with Crippen LogP contribution in [0.4, 0.5) is 0 Å². The highest BCUT2D eigenvalue weighted by Gasteiger charge is 2.43. The lowest BCUT2D eigenvalue weighted by Gasteiger charge is -2.42. The lowest BCUT2D eigenvalue weighted by molar-refractivity contribution is -0.171. The molecule has 7 nitrogen and oxygen atoms in total. The predicted octanol–water partition coefficient (Wildman–Crippen LogP) is 0.678. The molecule has 1 aromatic rings. The maximum absolute atomic E-state index is 12.6. The summed E-state index contributed by atoms with van der Waals surface area (Å²) < 4.78 is 16.9. The standard InChI is InChI=1S/C16H22N2O5/c1-3-17-9-16(22-8-14(17)19)10-18(6-7-21-11-16)15(20)13-5-4-12(2)23-13/h4-5H,3,6-11H2,1-2H3. The van der Waals surface area contributed by atoms with E-state index in [2.05, 4.69) is 0 Å². The van der Waals surface area contributed by atoms with Gasteiger partial charge in [-0.15, -0.1) is 0 Å². The van der Waals surface area contributed by atoms with Crippen LogP contribution in [0.25, 0.3) is 0 Å². The monoisotopic (exact) mass is 322 g/mol. The number of likely N-dealkylation sites (N-methyl/N-ethyl adjacent to an activating group) is 1. The van der Waals surface area contributed by atoms with Crippen molar-refractivity contribution in [3.8, 4) is 0 Å².